The summed E-state index contributed by atoms with van der Waals surface area (Å²) < 4.78 is 47.3. The summed E-state index contributed by atoms with van der Waals surface area (Å²) in [6.45, 7) is 30.1. The van der Waals surface area contributed by atoms with E-state index in [1.807, 2.05) is 0 Å². The molecule has 5 rings (SSSR count). The van der Waals surface area contributed by atoms with Crippen LogP contribution >= 0.6 is 0 Å². The zero-order valence-electron chi connectivity index (χ0n) is 22.0. The molecule has 0 radical (unpaired) electrons. The molecular formula is C32H5F3N10. The second-order valence-corrected chi connectivity index (χ2v) is 8.89. The van der Waals surface area contributed by atoms with Gasteiger partial charge < -0.3 is 4.85 Å². The number of nitrogens with zero attached hydrogens (tertiary/aromatic N) is 10. The minimum atomic E-state index is -1.26. The standard InChI is InChI=1S/C32H5F3N10/c1-40-20(12-38)25-17-9-18-26(21(13-39)41-2)27(16-7-8-22(42-3)45-32(16)35)30(43-4)28(18)29(33)24(17)19(11-37)23(25)15-6-5-14(10-36)44-31(15)34/h5-9H/b25-20+,26-21-. The Kier molecular flexibility index (Phi) is 6.94. The lowest BCUT2D eigenvalue weighted by atomic mass is 9.91. The van der Waals surface area contributed by atoms with Crippen LogP contribution in [0.5, 0.6) is 0 Å². The number of hydrogen-bond donors (Lipinski definition) is 0. The average molecular weight is 586 g/mol. The van der Waals surface area contributed by atoms with Crippen molar-refractivity contribution in [2.75, 3.05) is 0 Å². The van der Waals surface area contributed by atoms with Gasteiger partial charge in [-0.25, -0.2) is 34.4 Å². The van der Waals surface area contributed by atoms with Crippen LogP contribution in [-0.4, -0.2) is 9.97 Å². The van der Waals surface area contributed by atoms with Gasteiger partial charge in [-0.05, 0) is 46.5 Å². The zero-order chi connectivity index (χ0) is 32.6. The first-order chi connectivity index (χ1) is 21.7. The largest absolute Gasteiger partial charge is 0.361 e. The van der Waals surface area contributed by atoms with E-state index in [-0.39, 0.29) is 44.9 Å². The summed E-state index contributed by atoms with van der Waals surface area (Å²) in [6, 6.07) is 12.3. The molecule has 2 aliphatic carbocycles. The van der Waals surface area contributed by atoms with Gasteiger partial charge in [0.15, 0.2) is 0 Å². The van der Waals surface area contributed by atoms with Gasteiger partial charge in [-0.2, -0.15) is 19.3 Å². The number of hydrogen-bond acceptors (Lipinski definition) is 6. The van der Waals surface area contributed by atoms with Gasteiger partial charge in [0.2, 0.25) is 11.6 Å². The average Bonchev–Trinajstić information content (AvgIpc) is 3.55. The maximum atomic E-state index is 16.8. The fourth-order valence-corrected chi connectivity index (χ4v) is 5.16. The molecule has 0 saturated carbocycles. The van der Waals surface area contributed by atoms with E-state index in [0.29, 0.717) is 0 Å². The van der Waals surface area contributed by atoms with E-state index in [2.05, 4.69) is 29.3 Å². The van der Waals surface area contributed by atoms with Crippen LogP contribution in [-0.2, 0) is 0 Å². The van der Waals surface area contributed by atoms with E-state index in [0.717, 1.165) is 30.3 Å². The number of aromatic nitrogens is 2. The molecule has 10 nitrogen and oxygen atoms in total. The Morgan fingerprint density at radius 3 is 1.76 bits per heavy atom. The summed E-state index contributed by atoms with van der Waals surface area (Å²) in [6.07, 6.45) is 0. The summed E-state index contributed by atoms with van der Waals surface area (Å²) in [5.74, 6) is -4.10. The fourth-order valence-electron chi connectivity index (χ4n) is 5.16. The lowest BCUT2D eigenvalue weighted by molar-refractivity contribution is 0.579. The summed E-state index contributed by atoms with van der Waals surface area (Å²) in [5, 5.41) is 39.0. The number of halogens is 3. The molecule has 0 amide bonds. The van der Waals surface area contributed by atoms with Crippen LogP contribution in [0.2, 0.25) is 0 Å². The van der Waals surface area contributed by atoms with E-state index in [9.17, 15) is 15.8 Å². The minimum absolute atomic E-state index is 0.273. The topological polar surface area (TPSA) is 138 Å². The molecule has 45 heavy (non-hydrogen) atoms. The molecule has 0 bridgehead atoms. The fraction of sp³-hybridized carbons (Fsp3) is 0. The number of pyridine rings is 2. The van der Waals surface area contributed by atoms with Gasteiger partial charge in [-0.15, -0.1) is 0 Å². The van der Waals surface area contributed by atoms with Crippen LogP contribution in [0, 0.1) is 89.3 Å². The molecular weight excluding hydrogens is 581 g/mol. The molecule has 2 aromatic heterocycles. The first-order valence-corrected chi connectivity index (χ1v) is 12.0. The van der Waals surface area contributed by atoms with Crippen LogP contribution in [0.15, 0.2) is 41.7 Å². The van der Waals surface area contributed by atoms with Crippen molar-refractivity contribution in [2.45, 2.75) is 0 Å². The number of benzene rings is 1. The molecule has 13 heteroatoms. The van der Waals surface area contributed by atoms with Gasteiger partial charge in [0.25, 0.3) is 17.2 Å². The van der Waals surface area contributed by atoms with Crippen LogP contribution < -0.4 is 0 Å². The van der Waals surface area contributed by atoms with Crippen molar-refractivity contribution in [3.63, 3.8) is 0 Å². The minimum Gasteiger partial charge on any atom is -0.361 e. The smallest absolute Gasteiger partial charge is 0.308 e. The number of nitriles is 4. The van der Waals surface area contributed by atoms with Crippen molar-refractivity contribution in [1.29, 1.82) is 21.0 Å². The Morgan fingerprint density at radius 1 is 0.667 bits per heavy atom. The highest BCUT2D eigenvalue weighted by molar-refractivity contribution is 6.29. The third-order valence-corrected chi connectivity index (χ3v) is 6.86. The third-order valence-electron chi connectivity index (χ3n) is 6.86. The second-order valence-electron chi connectivity index (χ2n) is 8.89. The lowest BCUT2D eigenvalue weighted by Gasteiger charge is -2.13. The van der Waals surface area contributed by atoms with Crippen molar-refractivity contribution >= 4 is 39.4 Å². The number of rotatable bonds is 2. The predicted octanol–water partition coefficient (Wildman–Crippen LogP) is 6.87. The molecule has 0 atom stereocenters. The zero-order valence-corrected chi connectivity index (χ0v) is 22.0. The molecule has 3 aromatic rings. The highest BCUT2D eigenvalue weighted by atomic mass is 19.1. The Hall–Kier alpha value is -7.81. The van der Waals surface area contributed by atoms with Crippen molar-refractivity contribution in [1.82, 2.24) is 9.97 Å². The van der Waals surface area contributed by atoms with Gasteiger partial charge in [0.1, 0.15) is 23.6 Å². The van der Waals surface area contributed by atoms with E-state index in [1.54, 1.807) is 24.3 Å². The van der Waals surface area contributed by atoms with Crippen LogP contribution in [0.3, 0.4) is 0 Å². The molecule has 0 fully saturated rings. The van der Waals surface area contributed by atoms with Gasteiger partial charge >= 0.3 is 5.95 Å². The Balaban J connectivity index is 2.00. The van der Waals surface area contributed by atoms with E-state index >= 15 is 13.2 Å². The lowest BCUT2D eigenvalue weighted by Crippen LogP contribution is -2.00. The highest BCUT2D eigenvalue weighted by Gasteiger charge is 2.41. The van der Waals surface area contributed by atoms with Crippen molar-refractivity contribution in [3.05, 3.63) is 144 Å². The summed E-state index contributed by atoms with van der Waals surface area (Å²) >= 11 is 0. The molecule has 0 spiro atoms. The number of allylic oxidation sites excluding steroid dienone is 7. The van der Waals surface area contributed by atoms with E-state index in [1.165, 1.54) is 0 Å². The first-order valence-electron chi connectivity index (χ1n) is 12.0. The molecule has 204 valence electrons. The van der Waals surface area contributed by atoms with Gasteiger partial charge in [0, 0.05) is 33.4 Å². The predicted molar refractivity (Wildman–Crippen MR) is 150 cm³/mol. The van der Waals surface area contributed by atoms with Gasteiger partial charge in [0.05, 0.1) is 37.4 Å². The van der Waals surface area contributed by atoms with Crippen molar-refractivity contribution in [3.8, 4) is 24.3 Å². The number of fused-ring (bicyclic) bond motifs is 2. The molecule has 0 saturated heterocycles. The first kappa shape index (κ1) is 28.7. The van der Waals surface area contributed by atoms with E-state index in [4.69, 9.17) is 31.6 Å². The molecule has 0 N–H and O–H groups in total. The normalized spacial score (nSPS) is 14.7. The molecule has 1 aromatic carbocycles. The van der Waals surface area contributed by atoms with Gasteiger partial charge in [-0.3, -0.25) is 0 Å². The van der Waals surface area contributed by atoms with Crippen LogP contribution in [0.4, 0.5) is 19.0 Å². The molecule has 0 aliphatic heterocycles. The maximum Gasteiger partial charge on any atom is 0.308 e. The third kappa shape index (κ3) is 4.05. The monoisotopic (exact) mass is 586 g/mol. The Labute approximate surface area is 252 Å². The summed E-state index contributed by atoms with van der Waals surface area (Å²) in [7, 11) is 0. The Morgan fingerprint density at radius 2 is 1.24 bits per heavy atom. The molecule has 0 unspecified atom stereocenters. The second kappa shape index (κ2) is 10.9. The van der Waals surface area contributed by atoms with Gasteiger partial charge in [-0.1, -0.05) is 17.6 Å². The van der Waals surface area contributed by atoms with Crippen molar-refractivity contribution in [2.24, 2.45) is 0 Å². The summed E-state index contributed by atoms with van der Waals surface area (Å²) in [4.78, 5) is 19.8. The molecule has 2 aliphatic rings. The maximum absolute atomic E-state index is 16.8. The van der Waals surface area contributed by atoms with Crippen LogP contribution in [0.1, 0.15) is 39.1 Å². The molecule has 2 heterocycles. The summed E-state index contributed by atoms with van der Waals surface area (Å²) in [5.41, 5.74) is -6.73. The van der Waals surface area contributed by atoms with Crippen LogP contribution in [0.25, 0.3) is 52.9 Å². The highest BCUT2D eigenvalue weighted by Crippen LogP contribution is 2.56. The Bertz CT molecular complexity index is 2240. The van der Waals surface area contributed by atoms with E-state index < -0.39 is 62.6 Å². The van der Waals surface area contributed by atoms with Crippen molar-refractivity contribution < 1.29 is 13.2 Å². The quantitative estimate of drug-likeness (QED) is 0.182. The SMILES string of the molecule is [C-]#[N+]C1=C(c2ccc([N+]#[C-])nc2F)/C(=C(/C#N)[N+]#[C-])c2cc3c(c(F)c21)C(C#N)=C(c1ccc(C#N)nc1F)/C3=C(\C#N)[N+]#[C-].